The fourth-order valence-corrected chi connectivity index (χ4v) is 2.69. The van der Waals surface area contributed by atoms with E-state index in [-0.39, 0.29) is 0 Å². The van der Waals surface area contributed by atoms with Crippen LogP contribution in [0.25, 0.3) is 0 Å². The van der Waals surface area contributed by atoms with E-state index in [9.17, 15) is 4.21 Å². The molecule has 1 rings (SSSR count). The minimum atomic E-state index is -0.635. The number of hydrogen-bond donors (Lipinski definition) is 1. The van der Waals surface area contributed by atoms with Crippen LogP contribution in [0.1, 0.15) is 6.42 Å². The van der Waals surface area contributed by atoms with Gasteiger partial charge in [-0.25, -0.2) is 0 Å². The van der Waals surface area contributed by atoms with Crippen LogP contribution in [-0.2, 0) is 10.8 Å². The predicted molar refractivity (Wildman–Crippen MR) is 52.7 cm³/mol. The highest BCUT2D eigenvalue weighted by atomic mass is 32.2. The first-order valence-corrected chi connectivity index (χ1v) is 6.78. The summed E-state index contributed by atoms with van der Waals surface area (Å²) in [5.41, 5.74) is 0. The summed E-state index contributed by atoms with van der Waals surface area (Å²) in [6.45, 7) is 0.911. The van der Waals surface area contributed by atoms with Crippen molar-refractivity contribution in [3.8, 4) is 0 Å². The molecule has 1 heterocycles. The number of thioether (sulfide) groups is 1. The first-order chi connectivity index (χ1) is 5.29. The largest absolute Gasteiger partial charge is 0.312 e. The molecule has 2 atom stereocenters. The highest BCUT2D eigenvalue weighted by molar-refractivity contribution is 7.99. The van der Waals surface area contributed by atoms with Gasteiger partial charge in [-0.3, -0.25) is 4.21 Å². The van der Waals surface area contributed by atoms with Crippen molar-refractivity contribution in [3.63, 3.8) is 0 Å². The Labute approximate surface area is 75.0 Å². The zero-order valence-electron chi connectivity index (χ0n) is 6.84. The molecule has 0 bridgehead atoms. The van der Waals surface area contributed by atoms with Crippen LogP contribution in [0.3, 0.4) is 0 Å². The normalized spacial score (nSPS) is 27.2. The van der Waals surface area contributed by atoms with Crippen molar-refractivity contribution < 1.29 is 4.21 Å². The van der Waals surface area contributed by atoms with Crippen molar-refractivity contribution in [1.82, 2.24) is 5.32 Å². The monoisotopic (exact) mass is 193 g/mol. The first-order valence-electron chi connectivity index (χ1n) is 3.90. The maximum absolute atomic E-state index is 10.7. The van der Waals surface area contributed by atoms with Gasteiger partial charge in [0.1, 0.15) is 0 Å². The van der Waals surface area contributed by atoms with Gasteiger partial charge in [0.2, 0.25) is 0 Å². The van der Waals surface area contributed by atoms with Gasteiger partial charge in [0.25, 0.3) is 0 Å². The molecule has 1 aliphatic rings. The molecule has 0 radical (unpaired) electrons. The van der Waals surface area contributed by atoms with Gasteiger partial charge in [-0.2, -0.15) is 11.8 Å². The summed E-state index contributed by atoms with van der Waals surface area (Å²) in [6.07, 6.45) is 3.03. The quantitative estimate of drug-likeness (QED) is 0.703. The van der Waals surface area contributed by atoms with Crippen LogP contribution in [0.15, 0.2) is 0 Å². The second-order valence-electron chi connectivity index (χ2n) is 2.79. The van der Waals surface area contributed by atoms with Crippen LogP contribution < -0.4 is 5.32 Å². The summed E-state index contributed by atoms with van der Waals surface area (Å²) in [5.74, 6) is 3.31. The highest BCUT2D eigenvalue weighted by Crippen LogP contribution is 2.16. The zero-order valence-corrected chi connectivity index (χ0v) is 8.47. The lowest BCUT2D eigenvalue weighted by Gasteiger charge is -2.09. The number of nitrogens with one attached hydrogen (secondary N) is 1. The lowest BCUT2D eigenvalue weighted by molar-refractivity contribution is 0.578. The number of rotatable bonds is 4. The summed E-state index contributed by atoms with van der Waals surface area (Å²) in [4.78, 5) is 0. The summed E-state index contributed by atoms with van der Waals surface area (Å²) in [7, 11) is -0.635. The van der Waals surface area contributed by atoms with Crippen LogP contribution in [-0.4, -0.2) is 40.3 Å². The SMILES string of the molecule is CS(=O)CCNC1CCSC1. The molecule has 11 heavy (non-hydrogen) atoms. The van der Waals surface area contributed by atoms with Crippen LogP contribution in [0.2, 0.25) is 0 Å². The first kappa shape index (κ1) is 9.55. The molecule has 66 valence electrons. The fraction of sp³-hybridized carbons (Fsp3) is 1.00. The van der Waals surface area contributed by atoms with Crippen LogP contribution in [0.5, 0.6) is 0 Å². The summed E-state index contributed by atoms with van der Waals surface area (Å²) in [5, 5.41) is 3.40. The lowest BCUT2D eigenvalue weighted by Crippen LogP contribution is -2.31. The maximum atomic E-state index is 10.7. The lowest BCUT2D eigenvalue weighted by atomic mass is 10.3. The van der Waals surface area contributed by atoms with Gasteiger partial charge in [-0.05, 0) is 12.2 Å². The Hall–Kier alpha value is 0.460. The molecule has 2 nitrogen and oxygen atoms in total. The van der Waals surface area contributed by atoms with Gasteiger partial charge in [-0.1, -0.05) is 0 Å². The molecule has 1 N–H and O–H groups in total. The molecular weight excluding hydrogens is 178 g/mol. The van der Waals surface area contributed by atoms with Crippen molar-refractivity contribution in [2.75, 3.05) is 30.1 Å². The molecule has 1 fully saturated rings. The molecule has 4 heteroatoms. The molecule has 0 aromatic rings. The molecule has 1 saturated heterocycles. The standard InChI is InChI=1S/C7H15NOS2/c1-11(9)5-3-8-7-2-4-10-6-7/h7-8H,2-6H2,1H3. The van der Waals surface area contributed by atoms with Gasteiger partial charge >= 0.3 is 0 Å². The summed E-state index contributed by atoms with van der Waals surface area (Å²) in [6, 6.07) is 0.684. The van der Waals surface area contributed by atoms with Gasteiger partial charge in [0, 0.05) is 41.1 Å². The average Bonchev–Trinajstić information content (AvgIpc) is 2.39. The Morgan fingerprint density at radius 1 is 1.73 bits per heavy atom. The third-order valence-electron chi connectivity index (χ3n) is 1.75. The molecule has 1 aliphatic heterocycles. The smallest absolute Gasteiger partial charge is 0.0357 e. The van der Waals surface area contributed by atoms with Gasteiger partial charge in [0.15, 0.2) is 0 Å². The van der Waals surface area contributed by atoms with E-state index in [1.165, 1.54) is 17.9 Å². The fourth-order valence-electron chi connectivity index (χ4n) is 1.10. The molecule has 0 aromatic carbocycles. The topological polar surface area (TPSA) is 29.1 Å². The Bertz CT molecular complexity index is 134. The molecular formula is C7H15NOS2. The van der Waals surface area contributed by atoms with Crippen LogP contribution >= 0.6 is 11.8 Å². The van der Waals surface area contributed by atoms with Crippen LogP contribution in [0, 0.1) is 0 Å². The van der Waals surface area contributed by atoms with E-state index in [1.54, 1.807) is 6.26 Å². The van der Waals surface area contributed by atoms with Gasteiger partial charge in [-0.15, -0.1) is 0 Å². The highest BCUT2D eigenvalue weighted by Gasteiger charge is 2.13. The van der Waals surface area contributed by atoms with E-state index >= 15 is 0 Å². The Balaban J connectivity index is 1.98. The molecule has 0 aliphatic carbocycles. The second kappa shape index (κ2) is 5.17. The van der Waals surface area contributed by atoms with E-state index < -0.39 is 10.8 Å². The van der Waals surface area contributed by atoms with Crippen molar-refractivity contribution in [2.45, 2.75) is 12.5 Å². The molecule has 0 spiro atoms. The average molecular weight is 193 g/mol. The van der Waals surface area contributed by atoms with E-state index in [0.717, 1.165) is 12.3 Å². The van der Waals surface area contributed by atoms with E-state index in [1.807, 2.05) is 11.8 Å². The third kappa shape index (κ3) is 4.13. The summed E-state index contributed by atoms with van der Waals surface area (Å²) >= 11 is 2.00. The van der Waals surface area contributed by atoms with Crippen molar-refractivity contribution in [2.24, 2.45) is 0 Å². The Morgan fingerprint density at radius 3 is 3.09 bits per heavy atom. The van der Waals surface area contributed by atoms with E-state index in [4.69, 9.17) is 0 Å². The minimum absolute atomic E-state index is 0.635. The van der Waals surface area contributed by atoms with Crippen molar-refractivity contribution in [1.29, 1.82) is 0 Å². The van der Waals surface area contributed by atoms with Gasteiger partial charge in [0.05, 0.1) is 0 Å². The van der Waals surface area contributed by atoms with E-state index in [2.05, 4.69) is 5.32 Å². The molecule has 0 amide bonds. The molecule has 0 aromatic heterocycles. The second-order valence-corrected chi connectivity index (χ2v) is 5.50. The summed E-state index contributed by atoms with van der Waals surface area (Å²) < 4.78 is 10.7. The van der Waals surface area contributed by atoms with Gasteiger partial charge < -0.3 is 5.32 Å². The molecule has 0 saturated carbocycles. The van der Waals surface area contributed by atoms with Crippen molar-refractivity contribution in [3.05, 3.63) is 0 Å². The predicted octanol–water partition coefficient (Wildman–Crippen LogP) is 0.460. The zero-order chi connectivity index (χ0) is 8.10. The third-order valence-corrected chi connectivity index (χ3v) is 3.69. The van der Waals surface area contributed by atoms with E-state index in [0.29, 0.717) is 6.04 Å². The minimum Gasteiger partial charge on any atom is -0.312 e. The van der Waals surface area contributed by atoms with Crippen molar-refractivity contribution >= 4 is 22.6 Å². The molecule has 2 unspecified atom stereocenters. The number of hydrogen-bond acceptors (Lipinski definition) is 3. The van der Waals surface area contributed by atoms with Crippen LogP contribution in [0.4, 0.5) is 0 Å². The maximum Gasteiger partial charge on any atom is 0.0357 e. The Morgan fingerprint density at radius 2 is 2.55 bits per heavy atom. The Kier molecular flexibility index (Phi) is 4.48.